The second-order valence-electron chi connectivity index (χ2n) is 6.05. The van der Waals surface area contributed by atoms with Crippen molar-refractivity contribution in [3.05, 3.63) is 24.2 Å². The maximum atomic E-state index is 12.2. The summed E-state index contributed by atoms with van der Waals surface area (Å²) in [7, 11) is 0. The van der Waals surface area contributed by atoms with Crippen LogP contribution in [0.1, 0.15) is 51.3 Å². The smallest absolute Gasteiger partial charge is 0.220 e. The predicted molar refractivity (Wildman–Crippen MR) is 77.4 cm³/mol. The van der Waals surface area contributed by atoms with E-state index in [0.717, 1.165) is 31.4 Å². The summed E-state index contributed by atoms with van der Waals surface area (Å²) in [4.78, 5) is 28.1. The average molecular weight is 290 g/mol. The van der Waals surface area contributed by atoms with Crippen molar-refractivity contribution < 1.29 is 14.0 Å². The standard InChI is InChI=1S/C16H22N2O3/c1-11(19)17-10-15(16-8-5-9-21-16)18(12(2)20)14-7-4-3-6-13(14)17/h5,8-9,13-15H,3-4,6-7,10H2,1-2H3/t13-,14-,15-/m1/s1. The molecule has 1 aromatic heterocycles. The van der Waals surface area contributed by atoms with E-state index in [9.17, 15) is 9.59 Å². The second-order valence-corrected chi connectivity index (χ2v) is 6.05. The fourth-order valence-electron chi connectivity index (χ4n) is 3.94. The molecule has 5 nitrogen and oxygen atoms in total. The van der Waals surface area contributed by atoms with Crippen molar-refractivity contribution in [3.8, 4) is 0 Å². The van der Waals surface area contributed by atoms with Crippen molar-refractivity contribution in [1.82, 2.24) is 9.80 Å². The summed E-state index contributed by atoms with van der Waals surface area (Å²) in [5, 5.41) is 0. The minimum atomic E-state index is -0.166. The van der Waals surface area contributed by atoms with Crippen LogP contribution < -0.4 is 0 Å². The molecule has 0 spiro atoms. The Bertz CT molecular complexity index is 526. The monoisotopic (exact) mass is 290 g/mol. The number of fused-ring (bicyclic) bond motifs is 1. The number of nitrogens with zero attached hydrogens (tertiary/aromatic N) is 2. The molecule has 1 saturated carbocycles. The van der Waals surface area contributed by atoms with Crippen LogP contribution >= 0.6 is 0 Å². The zero-order valence-corrected chi connectivity index (χ0v) is 12.6. The Morgan fingerprint density at radius 3 is 2.43 bits per heavy atom. The van der Waals surface area contributed by atoms with Gasteiger partial charge in [-0.2, -0.15) is 0 Å². The lowest BCUT2D eigenvalue weighted by Gasteiger charge is -2.52. The predicted octanol–water partition coefficient (Wildman–Crippen LogP) is 2.34. The van der Waals surface area contributed by atoms with Crippen LogP contribution in [-0.4, -0.2) is 40.2 Å². The van der Waals surface area contributed by atoms with Crippen molar-refractivity contribution in [2.24, 2.45) is 0 Å². The van der Waals surface area contributed by atoms with Crippen LogP contribution in [0.3, 0.4) is 0 Å². The Kier molecular flexibility index (Phi) is 3.74. The first-order valence-corrected chi connectivity index (χ1v) is 7.69. The first-order chi connectivity index (χ1) is 10.1. The van der Waals surface area contributed by atoms with Crippen LogP contribution in [0.15, 0.2) is 22.8 Å². The van der Waals surface area contributed by atoms with E-state index in [1.165, 1.54) is 0 Å². The molecule has 3 atom stereocenters. The van der Waals surface area contributed by atoms with Crippen molar-refractivity contribution in [3.63, 3.8) is 0 Å². The number of carbonyl (C=O) groups excluding carboxylic acids is 2. The van der Waals surface area contributed by atoms with Gasteiger partial charge in [-0.3, -0.25) is 9.59 Å². The lowest BCUT2D eigenvalue weighted by molar-refractivity contribution is -0.153. The molecule has 0 N–H and O–H groups in total. The molecule has 2 fully saturated rings. The molecule has 0 unspecified atom stereocenters. The van der Waals surface area contributed by atoms with Gasteiger partial charge in [0.2, 0.25) is 11.8 Å². The molecule has 2 aliphatic rings. The zero-order valence-electron chi connectivity index (χ0n) is 12.6. The normalized spacial score (nSPS) is 29.1. The summed E-state index contributed by atoms with van der Waals surface area (Å²) < 4.78 is 5.53. The van der Waals surface area contributed by atoms with E-state index in [1.807, 2.05) is 21.9 Å². The van der Waals surface area contributed by atoms with Crippen LogP contribution in [0.5, 0.6) is 0 Å². The Morgan fingerprint density at radius 1 is 1.14 bits per heavy atom. The lowest BCUT2D eigenvalue weighted by atomic mass is 9.84. The summed E-state index contributed by atoms with van der Waals surface area (Å²) in [6, 6.07) is 3.83. The molecule has 2 heterocycles. The molecule has 1 aliphatic carbocycles. The zero-order chi connectivity index (χ0) is 15.0. The third-order valence-electron chi connectivity index (χ3n) is 4.80. The maximum Gasteiger partial charge on any atom is 0.220 e. The molecule has 3 rings (SSSR count). The highest BCUT2D eigenvalue weighted by molar-refractivity contribution is 5.77. The van der Waals surface area contributed by atoms with E-state index in [1.54, 1.807) is 20.1 Å². The Labute approximate surface area is 124 Å². The van der Waals surface area contributed by atoms with Gasteiger partial charge >= 0.3 is 0 Å². The van der Waals surface area contributed by atoms with Crippen molar-refractivity contribution >= 4 is 11.8 Å². The minimum Gasteiger partial charge on any atom is -0.467 e. The van der Waals surface area contributed by atoms with Gasteiger partial charge < -0.3 is 14.2 Å². The van der Waals surface area contributed by atoms with Crippen molar-refractivity contribution in [2.45, 2.75) is 57.7 Å². The van der Waals surface area contributed by atoms with Crippen LogP contribution in [-0.2, 0) is 9.59 Å². The van der Waals surface area contributed by atoms with Gasteiger partial charge in [0, 0.05) is 20.4 Å². The van der Waals surface area contributed by atoms with E-state index in [-0.39, 0.29) is 29.9 Å². The first kappa shape index (κ1) is 14.2. The quantitative estimate of drug-likeness (QED) is 0.797. The van der Waals surface area contributed by atoms with Crippen LogP contribution in [0.25, 0.3) is 0 Å². The number of amides is 2. The van der Waals surface area contributed by atoms with Crippen LogP contribution in [0, 0.1) is 0 Å². The highest BCUT2D eigenvalue weighted by Crippen LogP contribution is 2.38. The number of furan rings is 1. The minimum absolute atomic E-state index is 0.0662. The van der Waals surface area contributed by atoms with Crippen molar-refractivity contribution in [1.29, 1.82) is 0 Å². The SMILES string of the molecule is CC(=O)N1C[C@H](c2ccco2)N(C(C)=O)[C@@H]2CCCC[C@H]21. The molecule has 1 saturated heterocycles. The Balaban J connectivity index is 1.98. The average Bonchev–Trinajstić information content (AvgIpc) is 2.99. The molecule has 1 aromatic rings. The fourth-order valence-corrected chi connectivity index (χ4v) is 3.94. The molecule has 21 heavy (non-hydrogen) atoms. The molecule has 2 amide bonds. The second kappa shape index (κ2) is 5.54. The third-order valence-corrected chi connectivity index (χ3v) is 4.80. The Hall–Kier alpha value is -1.78. The van der Waals surface area contributed by atoms with Gasteiger partial charge in [0.1, 0.15) is 11.8 Å². The number of piperazine rings is 1. The molecule has 1 aliphatic heterocycles. The Morgan fingerprint density at radius 2 is 1.86 bits per heavy atom. The molecule has 0 bridgehead atoms. The van der Waals surface area contributed by atoms with Crippen LogP contribution in [0.2, 0.25) is 0 Å². The van der Waals surface area contributed by atoms with Gasteiger partial charge in [0.25, 0.3) is 0 Å². The number of carbonyl (C=O) groups is 2. The molecule has 114 valence electrons. The van der Waals surface area contributed by atoms with E-state index < -0.39 is 0 Å². The largest absolute Gasteiger partial charge is 0.467 e. The van der Waals surface area contributed by atoms with Gasteiger partial charge in [-0.25, -0.2) is 0 Å². The summed E-state index contributed by atoms with van der Waals surface area (Å²) in [6.45, 7) is 3.77. The van der Waals surface area contributed by atoms with Gasteiger partial charge in [-0.15, -0.1) is 0 Å². The van der Waals surface area contributed by atoms with E-state index in [4.69, 9.17) is 4.42 Å². The van der Waals surface area contributed by atoms with E-state index >= 15 is 0 Å². The van der Waals surface area contributed by atoms with Gasteiger partial charge in [0.15, 0.2) is 0 Å². The molecule has 0 aromatic carbocycles. The summed E-state index contributed by atoms with van der Waals surface area (Å²) in [5.41, 5.74) is 0. The lowest BCUT2D eigenvalue weighted by Crippen LogP contribution is -2.63. The number of hydrogen-bond donors (Lipinski definition) is 0. The molecular weight excluding hydrogens is 268 g/mol. The van der Waals surface area contributed by atoms with E-state index in [0.29, 0.717) is 6.54 Å². The molecular formula is C16H22N2O3. The molecule has 5 heteroatoms. The van der Waals surface area contributed by atoms with Gasteiger partial charge in [-0.05, 0) is 25.0 Å². The topological polar surface area (TPSA) is 53.8 Å². The van der Waals surface area contributed by atoms with E-state index in [2.05, 4.69) is 0 Å². The first-order valence-electron chi connectivity index (χ1n) is 7.69. The maximum absolute atomic E-state index is 12.2. The third kappa shape index (κ3) is 2.45. The van der Waals surface area contributed by atoms with Crippen molar-refractivity contribution in [2.75, 3.05) is 6.54 Å². The fraction of sp³-hybridized carbons (Fsp3) is 0.625. The summed E-state index contributed by atoms with van der Waals surface area (Å²) in [6.07, 6.45) is 5.81. The number of rotatable bonds is 1. The summed E-state index contributed by atoms with van der Waals surface area (Å²) >= 11 is 0. The van der Waals surface area contributed by atoms with Crippen LogP contribution in [0.4, 0.5) is 0 Å². The van der Waals surface area contributed by atoms with Gasteiger partial charge in [-0.1, -0.05) is 12.8 Å². The molecule has 0 radical (unpaired) electrons. The highest BCUT2D eigenvalue weighted by atomic mass is 16.3. The number of hydrogen-bond acceptors (Lipinski definition) is 3. The summed E-state index contributed by atoms with van der Waals surface area (Å²) in [5.74, 6) is 0.920. The highest BCUT2D eigenvalue weighted by Gasteiger charge is 2.46. The van der Waals surface area contributed by atoms with Gasteiger partial charge in [0.05, 0.1) is 18.3 Å².